The Bertz CT molecular complexity index is 420. The molecular weight excluding hydrogens is 186 g/mol. The Balaban J connectivity index is 2.47. The largest absolute Gasteiger partial charge is 0.356 e. The molecule has 1 unspecified atom stereocenters. The highest BCUT2D eigenvalue weighted by atomic mass is 16.5. The van der Waals surface area contributed by atoms with Crippen LogP contribution in [0.5, 0.6) is 0 Å². The number of hydrogen-bond donors (Lipinski definition) is 0. The normalized spacial score (nSPS) is 12.7. The number of nitrogens with zero attached hydrogens (tertiary/aromatic N) is 1. The third kappa shape index (κ3) is 1.94. The van der Waals surface area contributed by atoms with Crippen LogP contribution in [-0.4, -0.2) is 5.16 Å². The smallest absolute Gasteiger partial charge is 0.167 e. The molecule has 78 valence electrons. The highest BCUT2D eigenvalue weighted by Crippen LogP contribution is 2.30. The van der Waals surface area contributed by atoms with Gasteiger partial charge in [-0.05, 0) is 17.9 Å². The third-order valence-corrected chi connectivity index (χ3v) is 2.81. The predicted octanol–water partition coefficient (Wildman–Crippen LogP) is 3.86. The minimum absolute atomic E-state index is 0.547. The first kappa shape index (κ1) is 9.97. The standard InChI is InChI=1S/C13H15NO/c1-3-10(2)11-6-4-5-7-12(11)13-8-9-14-15-13/h4-10H,3H2,1-2H3. The van der Waals surface area contributed by atoms with Crippen LogP contribution in [0.4, 0.5) is 0 Å². The van der Waals surface area contributed by atoms with Crippen LogP contribution in [-0.2, 0) is 0 Å². The van der Waals surface area contributed by atoms with Gasteiger partial charge < -0.3 is 4.52 Å². The maximum absolute atomic E-state index is 5.20. The van der Waals surface area contributed by atoms with Gasteiger partial charge in [-0.1, -0.05) is 43.3 Å². The van der Waals surface area contributed by atoms with E-state index in [0.717, 1.165) is 17.7 Å². The lowest BCUT2D eigenvalue weighted by atomic mass is 9.93. The molecule has 1 heterocycles. The van der Waals surface area contributed by atoms with Gasteiger partial charge in [0.2, 0.25) is 0 Å². The van der Waals surface area contributed by atoms with Crippen LogP contribution >= 0.6 is 0 Å². The first-order valence-electron chi connectivity index (χ1n) is 5.33. The van der Waals surface area contributed by atoms with E-state index >= 15 is 0 Å². The molecule has 1 aromatic carbocycles. The lowest BCUT2D eigenvalue weighted by molar-refractivity contribution is 0.431. The van der Waals surface area contributed by atoms with Crippen LogP contribution in [0.1, 0.15) is 31.7 Å². The molecule has 2 nitrogen and oxygen atoms in total. The monoisotopic (exact) mass is 201 g/mol. The van der Waals surface area contributed by atoms with E-state index < -0.39 is 0 Å². The number of rotatable bonds is 3. The quantitative estimate of drug-likeness (QED) is 0.753. The second-order valence-corrected chi connectivity index (χ2v) is 3.77. The number of aromatic nitrogens is 1. The SMILES string of the molecule is CCC(C)c1ccccc1-c1ccno1. The van der Waals surface area contributed by atoms with Crippen LogP contribution in [0.25, 0.3) is 11.3 Å². The van der Waals surface area contributed by atoms with E-state index in [1.165, 1.54) is 5.56 Å². The van der Waals surface area contributed by atoms with Gasteiger partial charge in [-0.2, -0.15) is 0 Å². The summed E-state index contributed by atoms with van der Waals surface area (Å²) in [5.41, 5.74) is 2.49. The molecule has 1 atom stereocenters. The van der Waals surface area contributed by atoms with Gasteiger partial charge >= 0.3 is 0 Å². The molecule has 0 saturated heterocycles. The first-order valence-corrected chi connectivity index (χ1v) is 5.33. The van der Waals surface area contributed by atoms with Crippen molar-refractivity contribution in [2.75, 3.05) is 0 Å². The summed E-state index contributed by atoms with van der Waals surface area (Å²) in [5.74, 6) is 1.40. The Hall–Kier alpha value is -1.57. The summed E-state index contributed by atoms with van der Waals surface area (Å²) in [4.78, 5) is 0. The van der Waals surface area contributed by atoms with Gasteiger partial charge in [-0.15, -0.1) is 0 Å². The molecule has 0 spiro atoms. The van der Waals surface area contributed by atoms with Crippen LogP contribution in [0.15, 0.2) is 41.1 Å². The van der Waals surface area contributed by atoms with Crippen molar-refractivity contribution in [1.82, 2.24) is 5.16 Å². The molecule has 0 N–H and O–H groups in total. The lowest BCUT2D eigenvalue weighted by Gasteiger charge is -2.12. The average Bonchev–Trinajstić information content (AvgIpc) is 2.81. The van der Waals surface area contributed by atoms with Crippen molar-refractivity contribution in [1.29, 1.82) is 0 Å². The average molecular weight is 201 g/mol. The van der Waals surface area contributed by atoms with Crippen molar-refractivity contribution in [3.8, 4) is 11.3 Å². The number of hydrogen-bond acceptors (Lipinski definition) is 2. The minimum atomic E-state index is 0.547. The van der Waals surface area contributed by atoms with E-state index in [4.69, 9.17) is 4.52 Å². The van der Waals surface area contributed by atoms with Crippen molar-refractivity contribution in [2.24, 2.45) is 0 Å². The van der Waals surface area contributed by atoms with E-state index in [0.29, 0.717) is 5.92 Å². The molecule has 15 heavy (non-hydrogen) atoms. The predicted molar refractivity (Wildman–Crippen MR) is 60.6 cm³/mol. The van der Waals surface area contributed by atoms with E-state index in [1.807, 2.05) is 12.1 Å². The lowest BCUT2D eigenvalue weighted by Crippen LogP contribution is -1.94. The molecular formula is C13H15NO. The number of benzene rings is 1. The molecule has 2 heteroatoms. The maximum Gasteiger partial charge on any atom is 0.167 e. The summed E-state index contributed by atoms with van der Waals surface area (Å²) in [6.45, 7) is 4.43. The minimum Gasteiger partial charge on any atom is -0.356 e. The van der Waals surface area contributed by atoms with Crippen molar-refractivity contribution < 1.29 is 4.52 Å². The molecule has 0 aliphatic heterocycles. The van der Waals surface area contributed by atoms with Crippen LogP contribution in [0.2, 0.25) is 0 Å². The zero-order chi connectivity index (χ0) is 10.7. The topological polar surface area (TPSA) is 26.0 Å². The van der Waals surface area contributed by atoms with Crippen molar-refractivity contribution in [3.05, 3.63) is 42.1 Å². The summed E-state index contributed by atoms with van der Waals surface area (Å²) in [6, 6.07) is 10.3. The molecule has 0 saturated carbocycles. The molecule has 0 aliphatic carbocycles. The fourth-order valence-corrected chi connectivity index (χ4v) is 1.73. The Morgan fingerprint density at radius 1 is 1.27 bits per heavy atom. The van der Waals surface area contributed by atoms with Crippen LogP contribution in [0.3, 0.4) is 0 Å². The molecule has 0 fully saturated rings. The van der Waals surface area contributed by atoms with Gasteiger partial charge in [0.05, 0.1) is 6.20 Å². The molecule has 2 aromatic rings. The van der Waals surface area contributed by atoms with Crippen molar-refractivity contribution in [3.63, 3.8) is 0 Å². The Morgan fingerprint density at radius 2 is 2.07 bits per heavy atom. The van der Waals surface area contributed by atoms with E-state index in [2.05, 4.69) is 37.2 Å². The van der Waals surface area contributed by atoms with Gasteiger partial charge in [0.25, 0.3) is 0 Å². The van der Waals surface area contributed by atoms with Gasteiger partial charge in [0, 0.05) is 11.6 Å². The summed E-state index contributed by atoms with van der Waals surface area (Å²) in [5, 5.41) is 3.75. The fourth-order valence-electron chi connectivity index (χ4n) is 1.73. The van der Waals surface area contributed by atoms with E-state index in [1.54, 1.807) is 6.20 Å². The molecule has 1 aromatic heterocycles. The second kappa shape index (κ2) is 4.30. The van der Waals surface area contributed by atoms with E-state index in [9.17, 15) is 0 Å². The van der Waals surface area contributed by atoms with Gasteiger partial charge in [0.15, 0.2) is 5.76 Å². The van der Waals surface area contributed by atoms with Gasteiger partial charge in [-0.3, -0.25) is 0 Å². The molecule has 0 amide bonds. The highest BCUT2D eigenvalue weighted by Gasteiger charge is 2.11. The zero-order valence-corrected chi connectivity index (χ0v) is 9.10. The van der Waals surface area contributed by atoms with Crippen LogP contribution in [0, 0.1) is 0 Å². The highest BCUT2D eigenvalue weighted by molar-refractivity contribution is 5.62. The Labute approximate surface area is 89.9 Å². The fraction of sp³-hybridized carbons (Fsp3) is 0.308. The van der Waals surface area contributed by atoms with E-state index in [-0.39, 0.29) is 0 Å². The van der Waals surface area contributed by atoms with Gasteiger partial charge in [-0.25, -0.2) is 0 Å². The zero-order valence-electron chi connectivity index (χ0n) is 9.10. The van der Waals surface area contributed by atoms with Crippen molar-refractivity contribution >= 4 is 0 Å². The molecule has 0 aliphatic rings. The first-order chi connectivity index (χ1) is 7.33. The van der Waals surface area contributed by atoms with Gasteiger partial charge in [0.1, 0.15) is 0 Å². The molecule has 2 rings (SSSR count). The van der Waals surface area contributed by atoms with Crippen molar-refractivity contribution in [2.45, 2.75) is 26.2 Å². The molecule has 0 radical (unpaired) electrons. The van der Waals surface area contributed by atoms with Crippen LogP contribution < -0.4 is 0 Å². The Kier molecular flexibility index (Phi) is 2.86. The molecule has 0 bridgehead atoms. The Morgan fingerprint density at radius 3 is 2.73 bits per heavy atom. The summed E-state index contributed by atoms with van der Waals surface area (Å²) in [6.07, 6.45) is 2.81. The summed E-state index contributed by atoms with van der Waals surface area (Å²) < 4.78 is 5.20. The maximum atomic E-state index is 5.20. The summed E-state index contributed by atoms with van der Waals surface area (Å²) >= 11 is 0. The summed E-state index contributed by atoms with van der Waals surface area (Å²) in [7, 11) is 0. The third-order valence-electron chi connectivity index (χ3n) is 2.81. The second-order valence-electron chi connectivity index (χ2n) is 3.77.